The molecule has 116 valence electrons. The molecule has 0 aromatic heterocycles. The topological polar surface area (TPSA) is 67.9 Å². The van der Waals surface area contributed by atoms with Gasteiger partial charge in [-0.05, 0) is 18.3 Å². The van der Waals surface area contributed by atoms with Crippen molar-refractivity contribution in [3.63, 3.8) is 0 Å². The first-order chi connectivity index (χ1) is 9.43. The molecule has 0 aromatic carbocycles. The van der Waals surface area contributed by atoms with E-state index in [9.17, 15) is 9.59 Å². The van der Waals surface area contributed by atoms with Gasteiger partial charge in [0.05, 0.1) is 19.3 Å². The summed E-state index contributed by atoms with van der Waals surface area (Å²) >= 11 is 0. The first-order valence-corrected chi connectivity index (χ1v) is 7.13. The molecule has 1 aliphatic heterocycles. The maximum atomic E-state index is 12.1. The van der Waals surface area contributed by atoms with Gasteiger partial charge in [-0.3, -0.25) is 4.79 Å². The van der Waals surface area contributed by atoms with Crippen molar-refractivity contribution in [3.05, 3.63) is 0 Å². The van der Waals surface area contributed by atoms with Gasteiger partial charge in [0.15, 0.2) is 0 Å². The number of nitrogens with zero attached hydrogens (tertiary/aromatic N) is 1. The number of alkyl carbamates (subject to hydrolysis) is 1. The van der Waals surface area contributed by atoms with Gasteiger partial charge in [0, 0.05) is 13.7 Å². The highest BCUT2D eigenvalue weighted by Gasteiger charge is 2.32. The quantitative estimate of drug-likeness (QED) is 0.798. The molecule has 2 amide bonds. The lowest BCUT2D eigenvalue weighted by Crippen LogP contribution is -2.44. The van der Waals surface area contributed by atoms with Gasteiger partial charge < -0.3 is 19.7 Å². The molecule has 0 spiro atoms. The Morgan fingerprint density at radius 1 is 1.40 bits per heavy atom. The fourth-order valence-electron chi connectivity index (χ4n) is 2.35. The van der Waals surface area contributed by atoms with E-state index < -0.39 is 6.09 Å². The Labute approximate surface area is 120 Å². The Balaban J connectivity index is 2.36. The SMILES string of the molecule is COC[C@@H]1CC(C)CN1C(=O)CNC(=O)OCC(C)C. The molecule has 1 unspecified atom stereocenters. The molecule has 2 atom stereocenters. The highest BCUT2D eigenvalue weighted by Crippen LogP contribution is 2.22. The van der Waals surface area contributed by atoms with Crippen LogP contribution in [-0.4, -0.2) is 56.4 Å². The summed E-state index contributed by atoms with van der Waals surface area (Å²) in [6.45, 7) is 7.61. The van der Waals surface area contributed by atoms with Crippen molar-refractivity contribution < 1.29 is 19.1 Å². The van der Waals surface area contributed by atoms with Crippen LogP contribution in [0.4, 0.5) is 4.79 Å². The standard InChI is InChI=1S/C14H26N2O4/c1-10(2)8-20-14(18)15-6-13(17)16-7-11(3)5-12(16)9-19-4/h10-12H,5-9H2,1-4H3,(H,15,18)/t11?,12-/m0/s1. The molecule has 0 aromatic rings. The van der Waals surface area contributed by atoms with Crippen molar-refractivity contribution in [2.24, 2.45) is 11.8 Å². The second-order valence-corrected chi connectivity index (χ2v) is 5.84. The molecule has 20 heavy (non-hydrogen) atoms. The molecule has 0 saturated carbocycles. The maximum Gasteiger partial charge on any atom is 0.407 e. The van der Waals surface area contributed by atoms with Crippen molar-refractivity contribution in [1.29, 1.82) is 0 Å². The maximum absolute atomic E-state index is 12.1. The van der Waals surface area contributed by atoms with Gasteiger partial charge in [0.1, 0.15) is 6.54 Å². The second kappa shape index (κ2) is 8.09. The summed E-state index contributed by atoms with van der Waals surface area (Å²) in [7, 11) is 1.63. The average molecular weight is 286 g/mol. The van der Waals surface area contributed by atoms with Gasteiger partial charge in [0.25, 0.3) is 0 Å². The van der Waals surface area contributed by atoms with Crippen LogP contribution < -0.4 is 5.32 Å². The predicted molar refractivity (Wildman–Crippen MR) is 75.3 cm³/mol. The third-order valence-electron chi connectivity index (χ3n) is 3.23. The lowest BCUT2D eigenvalue weighted by molar-refractivity contribution is -0.131. The first-order valence-electron chi connectivity index (χ1n) is 7.13. The van der Waals surface area contributed by atoms with Crippen LogP contribution in [0.5, 0.6) is 0 Å². The number of hydrogen-bond acceptors (Lipinski definition) is 4. The van der Waals surface area contributed by atoms with E-state index in [0.29, 0.717) is 19.1 Å². The van der Waals surface area contributed by atoms with Crippen LogP contribution >= 0.6 is 0 Å². The van der Waals surface area contributed by atoms with Gasteiger partial charge in [0.2, 0.25) is 5.91 Å². The number of likely N-dealkylation sites (tertiary alicyclic amines) is 1. The Morgan fingerprint density at radius 3 is 2.70 bits per heavy atom. The number of hydrogen-bond donors (Lipinski definition) is 1. The second-order valence-electron chi connectivity index (χ2n) is 5.84. The van der Waals surface area contributed by atoms with Crippen LogP contribution in [0, 0.1) is 11.8 Å². The third-order valence-corrected chi connectivity index (χ3v) is 3.23. The van der Waals surface area contributed by atoms with Crippen molar-refractivity contribution in [1.82, 2.24) is 10.2 Å². The van der Waals surface area contributed by atoms with E-state index in [4.69, 9.17) is 9.47 Å². The van der Waals surface area contributed by atoms with Crippen LogP contribution in [0.15, 0.2) is 0 Å². The van der Waals surface area contributed by atoms with Crippen LogP contribution in [0.25, 0.3) is 0 Å². The molecule has 6 nitrogen and oxygen atoms in total. The number of amides is 2. The molecular formula is C14H26N2O4. The van der Waals surface area contributed by atoms with Crippen molar-refractivity contribution in [2.75, 3.05) is 33.4 Å². The first kappa shape index (κ1) is 16.8. The van der Waals surface area contributed by atoms with E-state index in [1.807, 2.05) is 13.8 Å². The molecule has 6 heteroatoms. The third kappa shape index (κ3) is 5.36. The number of methoxy groups -OCH3 is 1. The number of rotatable bonds is 6. The molecule has 0 aliphatic carbocycles. The predicted octanol–water partition coefficient (Wildman–Crippen LogP) is 1.25. The summed E-state index contributed by atoms with van der Waals surface area (Å²) in [4.78, 5) is 25.3. The largest absolute Gasteiger partial charge is 0.449 e. The Hall–Kier alpha value is -1.30. The minimum absolute atomic E-state index is 0.0239. The zero-order chi connectivity index (χ0) is 15.1. The summed E-state index contributed by atoms with van der Waals surface area (Å²) < 4.78 is 10.1. The zero-order valence-electron chi connectivity index (χ0n) is 12.8. The van der Waals surface area contributed by atoms with Crippen LogP contribution in [-0.2, 0) is 14.3 Å². The molecule has 0 bridgehead atoms. The number of nitrogens with one attached hydrogen (secondary N) is 1. The zero-order valence-corrected chi connectivity index (χ0v) is 12.8. The Bertz CT molecular complexity index is 333. The van der Waals surface area contributed by atoms with Crippen LogP contribution in [0.1, 0.15) is 27.2 Å². The fraction of sp³-hybridized carbons (Fsp3) is 0.857. The average Bonchev–Trinajstić information content (AvgIpc) is 2.75. The van der Waals surface area contributed by atoms with Gasteiger partial charge in [-0.2, -0.15) is 0 Å². The van der Waals surface area contributed by atoms with Crippen LogP contribution in [0.2, 0.25) is 0 Å². The van der Waals surface area contributed by atoms with Crippen LogP contribution in [0.3, 0.4) is 0 Å². The lowest BCUT2D eigenvalue weighted by atomic mass is 10.1. The minimum atomic E-state index is -0.539. The molecule has 1 heterocycles. The summed E-state index contributed by atoms with van der Waals surface area (Å²) in [5, 5.41) is 2.50. The summed E-state index contributed by atoms with van der Waals surface area (Å²) in [5.74, 6) is 0.659. The molecule has 1 fully saturated rings. The van der Waals surface area contributed by atoms with E-state index in [2.05, 4.69) is 12.2 Å². The monoisotopic (exact) mass is 286 g/mol. The number of ether oxygens (including phenoxy) is 2. The minimum Gasteiger partial charge on any atom is -0.449 e. The Morgan fingerprint density at radius 2 is 2.10 bits per heavy atom. The highest BCUT2D eigenvalue weighted by atomic mass is 16.5. The van der Waals surface area contributed by atoms with E-state index in [0.717, 1.165) is 13.0 Å². The van der Waals surface area contributed by atoms with E-state index in [1.54, 1.807) is 12.0 Å². The summed E-state index contributed by atoms with van der Waals surface area (Å²) in [5.41, 5.74) is 0. The van der Waals surface area contributed by atoms with E-state index in [1.165, 1.54) is 0 Å². The summed E-state index contributed by atoms with van der Waals surface area (Å²) in [6.07, 6.45) is 0.403. The van der Waals surface area contributed by atoms with Gasteiger partial charge >= 0.3 is 6.09 Å². The van der Waals surface area contributed by atoms with Crippen molar-refractivity contribution in [2.45, 2.75) is 33.2 Å². The molecule has 1 aliphatic rings. The number of carbonyl (C=O) groups is 2. The fourth-order valence-corrected chi connectivity index (χ4v) is 2.35. The molecule has 1 N–H and O–H groups in total. The smallest absolute Gasteiger partial charge is 0.407 e. The number of carbonyl (C=O) groups excluding carboxylic acids is 2. The normalized spacial score (nSPS) is 22.1. The van der Waals surface area contributed by atoms with Gasteiger partial charge in [-0.15, -0.1) is 0 Å². The summed E-state index contributed by atoms with van der Waals surface area (Å²) in [6, 6.07) is 0.107. The van der Waals surface area contributed by atoms with Gasteiger partial charge in [-0.1, -0.05) is 20.8 Å². The van der Waals surface area contributed by atoms with Crippen molar-refractivity contribution in [3.8, 4) is 0 Å². The highest BCUT2D eigenvalue weighted by molar-refractivity contribution is 5.82. The van der Waals surface area contributed by atoms with E-state index in [-0.39, 0.29) is 24.4 Å². The molecular weight excluding hydrogens is 260 g/mol. The molecule has 0 radical (unpaired) electrons. The van der Waals surface area contributed by atoms with Crippen molar-refractivity contribution >= 4 is 12.0 Å². The Kier molecular flexibility index (Phi) is 6.78. The molecule has 1 rings (SSSR count). The van der Waals surface area contributed by atoms with Gasteiger partial charge in [-0.25, -0.2) is 4.79 Å². The lowest BCUT2D eigenvalue weighted by Gasteiger charge is -2.24. The molecule has 1 saturated heterocycles. The van der Waals surface area contributed by atoms with E-state index >= 15 is 0 Å².